The zero-order valence-electron chi connectivity index (χ0n) is 7.25. The SMILES string of the molecule is Cl.Cl.N[C@@H](CC[C@H](N)C(=O)O)C(=O)O. The van der Waals surface area contributed by atoms with Gasteiger partial charge >= 0.3 is 11.9 Å². The second-order valence-electron chi connectivity index (χ2n) is 2.47. The van der Waals surface area contributed by atoms with Crippen LogP contribution < -0.4 is 11.5 Å². The molecule has 0 saturated heterocycles. The molecule has 0 rings (SSSR count). The third-order valence-corrected chi connectivity index (χ3v) is 1.42. The third-order valence-electron chi connectivity index (χ3n) is 1.42. The molecular formula is C6H14Cl2N2O4. The lowest BCUT2D eigenvalue weighted by atomic mass is 10.1. The first-order valence-corrected chi connectivity index (χ1v) is 3.42. The fraction of sp³-hybridized carbons (Fsp3) is 0.667. The molecule has 86 valence electrons. The normalized spacial score (nSPS) is 13.0. The molecule has 0 aliphatic heterocycles. The highest BCUT2D eigenvalue weighted by Gasteiger charge is 2.16. The smallest absolute Gasteiger partial charge is 0.320 e. The van der Waals surface area contributed by atoms with Crippen molar-refractivity contribution < 1.29 is 19.8 Å². The van der Waals surface area contributed by atoms with Gasteiger partial charge in [0.1, 0.15) is 12.1 Å². The summed E-state index contributed by atoms with van der Waals surface area (Å²) in [6.07, 6.45) is 0.144. The molecule has 6 N–H and O–H groups in total. The van der Waals surface area contributed by atoms with E-state index < -0.39 is 24.0 Å². The minimum absolute atomic E-state index is 0. The van der Waals surface area contributed by atoms with Crippen LogP contribution in [0, 0.1) is 0 Å². The Kier molecular flexibility index (Phi) is 12.3. The maximum Gasteiger partial charge on any atom is 0.320 e. The Hall–Kier alpha value is -0.560. The summed E-state index contributed by atoms with van der Waals surface area (Å²) in [4.78, 5) is 20.3. The van der Waals surface area contributed by atoms with E-state index in [4.69, 9.17) is 21.7 Å². The summed E-state index contributed by atoms with van der Waals surface area (Å²) in [7, 11) is 0. The Morgan fingerprint density at radius 3 is 1.29 bits per heavy atom. The molecule has 2 atom stereocenters. The molecule has 0 aromatic heterocycles. The van der Waals surface area contributed by atoms with Crippen LogP contribution in [0.15, 0.2) is 0 Å². The highest BCUT2D eigenvalue weighted by Crippen LogP contribution is 1.98. The van der Waals surface area contributed by atoms with Gasteiger partial charge in [0, 0.05) is 0 Å². The summed E-state index contributed by atoms with van der Waals surface area (Å²) in [5.74, 6) is -2.29. The Labute approximate surface area is 93.5 Å². The van der Waals surface area contributed by atoms with E-state index in [9.17, 15) is 9.59 Å². The Morgan fingerprint density at radius 1 is 0.929 bits per heavy atom. The number of carbonyl (C=O) groups is 2. The fourth-order valence-corrected chi connectivity index (χ4v) is 0.606. The largest absolute Gasteiger partial charge is 0.480 e. The molecule has 0 aliphatic carbocycles. The molecule has 0 fully saturated rings. The number of hydrogen-bond acceptors (Lipinski definition) is 4. The van der Waals surface area contributed by atoms with Crippen molar-refractivity contribution in [2.45, 2.75) is 24.9 Å². The van der Waals surface area contributed by atoms with Crippen LogP contribution >= 0.6 is 24.8 Å². The van der Waals surface area contributed by atoms with Gasteiger partial charge in [-0.15, -0.1) is 24.8 Å². The molecule has 14 heavy (non-hydrogen) atoms. The zero-order chi connectivity index (χ0) is 9.72. The maximum absolute atomic E-state index is 10.2. The van der Waals surface area contributed by atoms with Gasteiger partial charge in [-0.3, -0.25) is 9.59 Å². The van der Waals surface area contributed by atoms with Crippen LogP contribution in [0.5, 0.6) is 0 Å². The minimum Gasteiger partial charge on any atom is -0.480 e. The Morgan fingerprint density at radius 2 is 1.14 bits per heavy atom. The second-order valence-corrected chi connectivity index (χ2v) is 2.47. The van der Waals surface area contributed by atoms with Crippen molar-refractivity contribution in [3.05, 3.63) is 0 Å². The van der Waals surface area contributed by atoms with Gasteiger partial charge in [-0.2, -0.15) is 0 Å². The van der Waals surface area contributed by atoms with Gasteiger partial charge in [-0.05, 0) is 12.8 Å². The molecule has 0 saturated carbocycles. The lowest BCUT2D eigenvalue weighted by Gasteiger charge is -2.08. The van der Waals surface area contributed by atoms with Crippen molar-refractivity contribution in [2.75, 3.05) is 0 Å². The topological polar surface area (TPSA) is 127 Å². The summed E-state index contributed by atoms with van der Waals surface area (Å²) in [6.45, 7) is 0. The number of hydrogen-bond donors (Lipinski definition) is 4. The lowest BCUT2D eigenvalue weighted by Crippen LogP contribution is -2.35. The summed E-state index contributed by atoms with van der Waals surface area (Å²) >= 11 is 0. The molecule has 0 aromatic rings. The van der Waals surface area contributed by atoms with E-state index in [0.717, 1.165) is 0 Å². The average Bonchev–Trinajstić information content (AvgIpc) is 1.98. The van der Waals surface area contributed by atoms with Gasteiger partial charge in [-0.1, -0.05) is 0 Å². The number of halogens is 2. The Bertz CT molecular complexity index is 171. The van der Waals surface area contributed by atoms with Gasteiger partial charge in [0.05, 0.1) is 0 Å². The van der Waals surface area contributed by atoms with Crippen molar-refractivity contribution >= 4 is 36.8 Å². The van der Waals surface area contributed by atoms with Crippen molar-refractivity contribution in [1.82, 2.24) is 0 Å². The summed E-state index contributed by atoms with van der Waals surface area (Å²) in [6, 6.07) is -2.06. The van der Waals surface area contributed by atoms with E-state index in [1.54, 1.807) is 0 Å². The van der Waals surface area contributed by atoms with E-state index in [-0.39, 0.29) is 37.7 Å². The van der Waals surface area contributed by atoms with Crippen LogP contribution in [0.25, 0.3) is 0 Å². The predicted octanol–water partition coefficient (Wildman–Crippen LogP) is -0.566. The summed E-state index contributed by atoms with van der Waals surface area (Å²) in [5.41, 5.74) is 10.2. The van der Waals surface area contributed by atoms with Gasteiger partial charge in [0.25, 0.3) is 0 Å². The number of rotatable bonds is 5. The first-order chi connectivity index (χ1) is 5.45. The number of carboxylic acids is 2. The van der Waals surface area contributed by atoms with Gasteiger partial charge in [0.15, 0.2) is 0 Å². The maximum atomic E-state index is 10.2. The molecule has 0 heterocycles. The lowest BCUT2D eigenvalue weighted by molar-refractivity contribution is -0.141. The van der Waals surface area contributed by atoms with Crippen LogP contribution in [-0.2, 0) is 9.59 Å². The van der Waals surface area contributed by atoms with Crippen LogP contribution in [0.3, 0.4) is 0 Å². The molecular weight excluding hydrogens is 235 g/mol. The van der Waals surface area contributed by atoms with E-state index in [0.29, 0.717) is 0 Å². The molecule has 0 spiro atoms. The van der Waals surface area contributed by atoms with Crippen molar-refractivity contribution in [3.63, 3.8) is 0 Å². The van der Waals surface area contributed by atoms with Crippen LogP contribution in [0.4, 0.5) is 0 Å². The van der Waals surface area contributed by atoms with E-state index in [2.05, 4.69) is 0 Å². The van der Waals surface area contributed by atoms with E-state index in [1.165, 1.54) is 0 Å². The first-order valence-electron chi connectivity index (χ1n) is 3.42. The van der Waals surface area contributed by atoms with Crippen molar-refractivity contribution in [1.29, 1.82) is 0 Å². The minimum atomic E-state index is -1.15. The quantitative estimate of drug-likeness (QED) is 0.517. The van der Waals surface area contributed by atoms with Gasteiger partial charge in [0.2, 0.25) is 0 Å². The predicted molar refractivity (Wildman–Crippen MR) is 55.0 cm³/mol. The van der Waals surface area contributed by atoms with Crippen LogP contribution in [0.2, 0.25) is 0 Å². The fourth-order valence-electron chi connectivity index (χ4n) is 0.606. The summed E-state index contributed by atoms with van der Waals surface area (Å²) in [5, 5.41) is 16.6. The molecule has 0 amide bonds. The van der Waals surface area contributed by atoms with Gasteiger partial charge < -0.3 is 21.7 Å². The Balaban J connectivity index is -0.000000605. The van der Waals surface area contributed by atoms with Crippen molar-refractivity contribution in [2.24, 2.45) is 11.5 Å². The third kappa shape index (κ3) is 8.06. The second kappa shape index (κ2) is 9.01. The highest BCUT2D eigenvalue weighted by atomic mass is 35.5. The van der Waals surface area contributed by atoms with Crippen molar-refractivity contribution in [3.8, 4) is 0 Å². The first kappa shape index (κ1) is 19.1. The molecule has 0 aliphatic rings. The zero-order valence-corrected chi connectivity index (χ0v) is 8.88. The highest BCUT2D eigenvalue weighted by molar-refractivity contribution is 5.85. The van der Waals surface area contributed by atoms with Crippen LogP contribution in [0.1, 0.15) is 12.8 Å². The number of aliphatic carboxylic acids is 2. The van der Waals surface area contributed by atoms with E-state index >= 15 is 0 Å². The standard InChI is InChI=1S/C6H12N2O4.2ClH/c7-3(5(9)10)1-2-4(8)6(11)12;;/h3-4H,1-2,7-8H2,(H,9,10)(H,11,12);2*1H/t3-,4-;;/m0../s1. The molecule has 0 radical (unpaired) electrons. The molecule has 0 bridgehead atoms. The summed E-state index contributed by atoms with van der Waals surface area (Å²) < 4.78 is 0. The van der Waals surface area contributed by atoms with Gasteiger partial charge in [-0.25, -0.2) is 0 Å². The monoisotopic (exact) mass is 248 g/mol. The average molecular weight is 249 g/mol. The molecule has 8 heteroatoms. The molecule has 0 unspecified atom stereocenters. The van der Waals surface area contributed by atoms with Crippen LogP contribution in [-0.4, -0.2) is 34.2 Å². The molecule has 0 aromatic carbocycles. The molecule has 6 nitrogen and oxygen atoms in total. The number of nitrogens with two attached hydrogens (primary N) is 2. The van der Waals surface area contributed by atoms with E-state index in [1.807, 2.05) is 0 Å². The number of carboxylic acid groups (broad SMARTS) is 2.